The van der Waals surface area contributed by atoms with E-state index in [9.17, 15) is 9.59 Å². The van der Waals surface area contributed by atoms with E-state index in [1.54, 1.807) is 4.57 Å². The Hall–Kier alpha value is -2.48. The fraction of sp³-hybridized carbons (Fsp3) is 0.444. The van der Waals surface area contributed by atoms with Crippen molar-refractivity contribution in [2.75, 3.05) is 32.8 Å². The van der Waals surface area contributed by atoms with Crippen LogP contribution in [0.25, 0.3) is 10.9 Å². The molecule has 1 aliphatic carbocycles. The van der Waals surface area contributed by atoms with Crippen molar-refractivity contribution >= 4 is 28.4 Å². The van der Waals surface area contributed by atoms with Crippen molar-refractivity contribution in [2.24, 2.45) is 0 Å². The molecule has 2 aliphatic rings. The number of fused-ring (bicyclic) bond motifs is 2. The number of rotatable bonds is 8. The molecule has 3 aromatic rings. The van der Waals surface area contributed by atoms with Crippen LogP contribution in [0.4, 0.5) is 0 Å². The predicted molar refractivity (Wildman–Crippen MR) is 136 cm³/mol. The standard InChI is InChI=1S/C27H31N3O3S/c1-19(25(31)22-11-10-20-6-4-7-21(20)18-22)34-27-28-24-9-3-2-8-23(24)26(32)30(27)13-5-12-29-14-16-33-17-15-29/h2-3,8-11,18-19H,4-7,12-17H2,1H3/t19-/m1/s1. The van der Waals surface area contributed by atoms with Gasteiger partial charge in [0.2, 0.25) is 0 Å². The van der Waals surface area contributed by atoms with Gasteiger partial charge in [0.15, 0.2) is 10.9 Å². The van der Waals surface area contributed by atoms with Gasteiger partial charge < -0.3 is 4.74 Å². The van der Waals surface area contributed by atoms with Crippen molar-refractivity contribution in [3.63, 3.8) is 0 Å². The van der Waals surface area contributed by atoms with Gasteiger partial charge in [0.25, 0.3) is 5.56 Å². The van der Waals surface area contributed by atoms with Crippen molar-refractivity contribution in [3.05, 3.63) is 69.5 Å². The molecule has 1 fully saturated rings. The first-order valence-electron chi connectivity index (χ1n) is 12.2. The maximum Gasteiger partial charge on any atom is 0.262 e. The van der Waals surface area contributed by atoms with Crippen molar-refractivity contribution in [1.29, 1.82) is 0 Å². The lowest BCUT2D eigenvalue weighted by Gasteiger charge is -2.26. The lowest BCUT2D eigenvalue weighted by atomic mass is 10.0. The van der Waals surface area contributed by atoms with Crippen LogP contribution in [0.3, 0.4) is 0 Å². The van der Waals surface area contributed by atoms with Gasteiger partial charge in [-0.2, -0.15) is 0 Å². The zero-order valence-corrected chi connectivity index (χ0v) is 20.5. The molecule has 178 valence electrons. The maximum atomic E-state index is 13.4. The summed E-state index contributed by atoms with van der Waals surface area (Å²) in [5.74, 6) is 0.0852. The Labute approximate surface area is 204 Å². The lowest BCUT2D eigenvalue weighted by Crippen LogP contribution is -2.37. The molecule has 2 heterocycles. The lowest BCUT2D eigenvalue weighted by molar-refractivity contribution is 0.0368. The Kier molecular flexibility index (Phi) is 7.13. The molecule has 1 atom stereocenters. The van der Waals surface area contributed by atoms with Crippen LogP contribution in [-0.2, 0) is 24.1 Å². The number of nitrogens with zero attached hydrogens (tertiary/aromatic N) is 3. The van der Waals surface area contributed by atoms with E-state index in [2.05, 4.69) is 17.0 Å². The van der Waals surface area contributed by atoms with Crippen LogP contribution in [0.15, 0.2) is 52.4 Å². The number of para-hydroxylation sites is 1. The van der Waals surface area contributed by atoms with Gasteiger partial charge in [-0.1, -0.05) is 36.0 Å². The second-order valence-electron chi connectivity index (χ2n) is 9.14. The van der Waals surface area contributed by atoms with Crippen molar-refractivity contribution in [2.45, 2.75) is 49.6 Å². The van der Waals surface area contributed by atoms with Gasteiger partial charge in [0, 0.05) is 31.7 Å². The SMILES string of the molecule is C[C@@H](Sc1nc2ccccc2c(=O)n1CCCN1CCOCC1)C(=O)c1ccc2c(c1)CCC2. The molecule has 0 saturated carbocycles. The maximum absolute atomic E-state index is 13.4. The van der Waals surface area contributed by atoms with E-state index in [1.807, 2.05) is 37.3 Å². The number of benzene rings is 2. The van der Waals surface area contributed by atoms with Gasteiger partial charge in [0.1, 0.15) is 0 Å². The number of Topliss-reactive ketones (excluding diaryl/α,β-unsaturated/α-hetero) is 1. The van der Waals surface area contributed by atoms with Crippen LogP contribution in [0, 0.1) is 0 Å². The molecule has 0 N–H and O–H groups in total. The molecule has 0 amide bonds. The fourth-order valence-electron chi connectivity index (χ4n) is 4.88. The van der Waals surface area contributed by atoms with Crippen LogP contribution in [0.2, 0.25) is 0 Å². The number of hydrogen-bond acceptors (Lipinski definition) is 6. The Morgan fingerprint density at radius 3 is 2.74 bits per heavy atom. The minimum Gasteiger partial charge on any atom is -0.379 e. The van der Waals surface area contributed by atoms with E-state index in [0.29, 0.717) is 22.6 Å². The van der Waals surface area contributed by atoms with E-state index in [-0.39, 0.29) is 16.6 Å². The first kappa shape index (κ1) is 23.3. The summed E-state index contributed by atoms with van der Waals surface area (Å²) in [5.41, 5.74) is 4.06. The summed E-state index contributed by atoms with van der Waals surface area (Å²) in [6.45, 7) is 6.80. The van der Waals surface area contributed by atoms with E-state index >= 15 is 0 Å². The van der Waals surface area contributed by atoms with Gasteiger partial charge in [-0.3, -0.25) is 19.1 Å². The third-order valence-corrected chi connectivity index (χ3v) is 7.91. The van der Waals surface area contributed by atoms with Crippen molar-refractivity contribution in [1.82, 2.24) is 14.5 Å². The van der Waals surface area contributed by atoms with E-state index in [4.69, 9.17) is 9.72 Å². The smallest absolute Gasteiger partial charge is 0.262 e. The first-order chi connectivity index (χ1) is 16.6. The largest absolute Gasteiger partial charge is 0.379 e. The average molecular weight is 478 g/mol. The Morgan fingerprint density at radius 2 is 1.88 bits per heavy atom. The second kappa shape index (κ2) is 10.4. The molecular weight excluding hydrogens is 446 g/mol. The number of hydrogen-bond donors (Lipinski definition) is 0. The van der Waals surface area contributed by atoms with Crippen LogP contribution < -0.4 is 5.56 Å². The number of morpholine rings is 1. The summed E-state index contributed by atoms with van der Waals surface area (Å²) in [6, 6.07) is 13.6. The Morgan fingerprint density at radius 1 is 1.09 bits per heavy atom. The highest BCUT2D eigenvalue weighted by molar-refractivity contribution is 8.00. The summed E-state index contributed by atoms with van der Waals surface area (Å²) >= 11 is 1.39. The number of ketones is 1. The number of ether oxygens (including phenoxy) is 1. The summed E-state index contributed by atoms with van der Waals surface area (Å²) in [5, 5.41) is 0.904. The van der Waals surface area contributed by atoms with Gasteiger partial charge >= 0.3 is 0 Å². The van der Waals surface area contributed by atoms with Crippen molar-refractivity contribution < 1.29 is 9.53 Å². The summed E-state index contributed by atoms with van der Waals surface area (Å²) in [7, 11) is 0. The summed E-state index contributed by atoms with van der Waals surface area (Å²) in [6.07, 6.45) is 4.16. The molecule has 6 nitrogen and oxygen atoms in total. The third kappa shape index (κ3) is 4.97. The van der Waals surface area contributed by atoms with E-state index < -0.39 is 0 Å². The molecule has 2 aromatic carbocycles. The highest BCUT2D eigenvalue weighted by Gasteiger charge is 2.22. The molecule has 7 heteroatoms. The van der Waals surface area contributed by atoms with Crippen molar-refractivity contribution in [3.8, 4) is 0 Å². The number of thioether (sulfide) groups is 1. The fourth-order valence-corrected chi connectivity index (χ4v) is 5.90. The van der Waals surface area contributed by atoms with Crippen LogP contribution in [0.1, 0.15) is 41.3 Å². The molecule has 0 spiro atoms. The molecule has 1 saturated heterocycles. The summed E-state index contributed by atoms with van der Waals surface area (Å²) < 4.78 is 7.20. The number of carbonyl (C=O) groups excluding carboxylic acids is 1. The number of carbonyl (C=O) groups is 1. The molecule has 34 heavy (non-hydrogen) atoms. The van der Waals surface area contributed by atoms with Gasteiger partial charge in [-0.05, 0) is 61.9 Å². The first-order valence-corrected chi connectivity index (χ1v) is 13.1. The van der Waals surface area contributed by atoms with Gasteiger partial charge in [0.05, 0.1) is 29.4 Å². The Balaban J connectivity index is 1.37. The topological polar surface area (TPSA) is 64.4 Å². The molecule has 0 bridgehead atoms. The third-order valence-electron chi connectivity index (χ3n) is 6.82. The molecular formula is C27H31N3O3S. The monoisotopic (exact) mass is 477 g/mol. The average Bonchev–Trinajstić information content (AvgIpc) is 3.34. The normalized spacial score (nSPS) is 17.1. The molecule has 0 unspecified atom stereocenters. The number of aromatic nitrogens is 2. The van der Waals surface area contributed by atoms with Crippen LogP contribution in [0.5, 0.6) is 0 Å². The van der Waals surface area contributed by atoms with Gasteiger partial charge in [-0.15, -0.1) is 0 Å². The molecule has 5 rings (SSSR count). The highest BCUT2D eigenvalue weighted by atomic mass is 32.2. The Bertz CT molecular complexity index is 1250. The predicted octanol–water partition coefficient (Wildman–Crippen LogP) is 3.97. The minimum atomic E-state index is -0.335. The second-order valence-corrected chi connectivity index (χ2v) is 10.4. The van der Waals surface area contributed by atoms with E-state index in [0.717, 1.165) is 64.1 Å². The number of aryl methyl sites for hydroxylation is 2. The zero-order chi connectivity index (χ0) is 23.5. The quantitative estimate of drug-likeness (QED) is 0.278. The zero-order valence-electron chi connectivity index (χ0n) is 19.7. The minimum absolute atomic E-state index is 0.0349. The molecule has 1 aromatic heterocycles. The van der Waals surface area contributed by atoms with Gasteiger partial charge in [-0.25, -0.2) is 4.98 Å². The highest BCUT2D eigenvalue weighted by Crippen LogP contribution is 2.28. The summed E-state index contributed by atoms with van der Waals surface area (Å²) in [4.78, 5) is 33.8. The van der Waals surface area contributed by atoms with E-state index in [1.165, 1.54) is 22.9 Å². The van der Waals surface area contributed by atoms with Crippen LogP contribution in [-0.4, -0.2) is 58.3 Å². The van der Waals surface area contributed by atoms with Crippen LogP contribution >= 0.6 is 11.8 Å². The molecule has 1 aliphatic heterocycles. The molecule has 0 radical (unpaired) electrons.